The van der Waals surface area contributed by atoms with E-state index in [0.29, 0.717) is 24.1 Å². The van der Waals surface area contributed by atoms with E-state index in [1.165, 1.54) is 4.90 Å². The molecule has 1 aliphatic carbocycles. The minimum absolute atomic E-state index is 0. The summed E-state index contributed by atoms with van der Waals surface area (Å²) in [5.41, 5.74) is 5.07. The average Bonchev–Trinajstić information content (AvgIpc) is 3.78. The zero-order valence-corrected chi connectivity index (χ0v) is 24.1. The van der Waals surface area contributed by atoms with Crippen molar-refractivity contribution < 1.29 is 36.9 Å². The van der Waals surface area contributed by atoms with Crippen LogP contribution in [0.2, 0.25) is 0 Å². The molecule has 1 aliphatic heterocycles. The minimum atomic E-state index is -0.226. The SMILES string of the molecule is O=C1c2ccccc2C(=O)N1CCCCC(=C1C=CC=C1)[C-](c1ccc(O)cc1)c1ccc(O)cc1.[Fe+2].c1cc[cH-]c1. The van der Waals surface area contributed by atoms with Crippen LogP contribution in [-0.2, 0) is 17.1 Å². The van der Waals surface area contributed by atoms with Crippen molar-refractivity contribution in [1.82, 2.24) is 4.90 Å². The normalized spacial score (nSPS) is 13.0. The second-order valence-corrected chi connectivity index (χ2v) is 9.85. The number of hydrogen-bond donors (Lipinski definition) is 2. The van der Waals surface area contributed by atoms with E-state index in [1.807, 2.05) is 66.7 Å². The molecule has 0 fully saturated rings. The van der Waals surface area contributed by atoms with E-state index in [2.05, 4.69) is 12.2 Å². The zero-order valence-electron chi connectivity index (χ0n) is 23.0. The number of unbranched alkanes of at least 4 members (excludes halogenated alkanes) is 1. The van der Waals surface area contributed by atoms with Crippen LogP contribution in [0.3, 0.4) is 0 Å². The summed E-state index contributed by atoms with van der Waals surface area (Å²) in [4.78, 5) is 26.8. The number of amides is 2. The molecule has 0 aromatic heterocycles. The van der Waals surface area contributed by atoms with Crippen molar-refractivity contribution in [2.45, 2.75) is 19.3 Å². The Morgan fingerprint density at radius 1 is 0.690 bits per heavy atom. The first kappa shape index (κ1) is 30.3. The predicted octanol–water partition coefficient (Wildman–Crippen LogP) is 7.36. The number of fused-ring (bicyclic) bond motifs is 1. The Bertz CT molecular complexity index is 1470. The maximum Gasteiger partial charge on any atom is 2.00 e. The van der Waals surface area contributed by atoms with E-state index in [9.17, 15) is 19.8 Å². The molecule has 0 saturated carbocycles. The van der Waals surface area contributed by atoms with Crippen LogP contribution >= 0.6 is 0 Å². The van der Waals surface area contributed by atoms with Crippen LogP contribution in [0.15, 0.2) is 139 Å². The number of nitrogens with zero attached hydrogens (tertiary/aromatic N) is 1. The Labute approximate surface area is 257 Å². The number of rotatable bonds is 8. The predicted molar refractivity (Wildman–Crippen MR) is 161 cm³/mol. The van der Waals surface area contributed by atoms with E-state index < -0.39 is 0 Å². The van der Waals surface area contributed by atoms with Gasteiger partial charge in [0.15, 0.2) is 0 Å². The van der Waals surface area contributed by atoms with E-state index in [4.69, 9.17) is 0 Å². The molecule has 5 nitrogen and oxygen atoms in total. The van der Waals surface area contributed by atoms with Crippen molar-refractivity contribution in [3.05, 3.63) is 167 Å². The van der Waals surface area contributed by atoms with Crippen LogP contribution in [0.1, 0.15) is 51.1 Å². The largest absolute Gasteiger partial charge is 2.00 e. The third-order valence-corrected chi connectivity index (χ3v) is 7.12. The van der Waals surface area contributed by atoms with Crippen LogP contribution < -0.4 is 0 Å². The van der Waals surface area contributed by atoms with Gasteiger partial charge in [0, 0.05) is 6.54 Å². The monoisotopic (exact) mass is 597 g/mol. The van der Waals surface area contributed by atoms with Crippen molar-refractivity contribution in [1.29, 1.82) is 0 Å². The van der Waals surface area contributed by atoms with Gasteiger partial charge >= 0.3 is 17.1 Å². The molecular formula is C36H31FeNO4. The van der Waals surface area contributed by atoms with E-state index in [1.54, 1.807) is 48.5 Å². The molecule has 0 unspecified atom stereocenters. The fraction of sp³-hybridized carbons (Fsp3) is 0.111. The van der Waals surface area contributed by atoms with Gasteiger partial charge in [-0.1, -0.05) is 53.5 Å². The summed E-state index contributed by atoms with van der Waals surface area (Å²) in [6, 6.07) is 31.2. The molecule has 2 N–H and O–H groups in total. The molecule has 1 heterocycles. The number of phenols is 2. The van der Waals surface area contributed by atoms with Gasteiger partial charge in [0.25, 0.3) is 11.8 Å². The van der Waals surface area contributed by atoms with Gasteiger partial charge in [0.2, 0.25) is 0 Å². The molecule has 2 aliphatic rings. The average molecular weight is 597 g/mol. The second kappa shape index (κ2) is 14.3. The zero-order chi connectivity index (χ0) is 28.6. The second-order valence-electron chi connectivity index (χ2n) is 9.85. The summed E-state index contributed by atoms with van der Waals surface area (Å²) in [5, 5.41) is 19.7. The molecule has 0 spiro atoms. The standard InChI is InChI=1S/C31H26NO4.C5H5.Fe/c33-24-16-12-22(13-17-24)29(23-14-18-25(34)19-15-23)26(21-7-1-2-8-21)9-5-6-20-32-30(35)27-10-3-4-11-28(27)31(32)36;1-2-4-5-3-1;/h1-4,7-8,10-19,33-34H,5-6,9,20H2;1-5H;/q2*-1;+2. The fourth-order valence-corrected chi connectivity index (χ4v) is 5.09. The molecule has 0 atom stereocenters. The molecule has 4 aromatic rings. The summed E-state index contributed by atoms with van der Waals surface area (Å²) in [6.45, 7) is 0.369. The smallest absolute Gasteiger partial charge is 0.509 e. The van der Waals surface area contributed by atoms with Crippen LogP contribution in [0.5, 0.6) is 11.5 Å². The van der Waals surface area contributed by atoms with Crippen molar-refractivity contribution in [3.63, 3.8) is 0 Å². The third kappa shape index (κ3) is 6.98. The van der Waals surface area contributed by atoms with Crippen LogP contribution in [0.4, 0.5) is 0 Å². The van der Waals surface area contributed by atoms with Crippen molar-refractivity contribution in [2.75, 3.05) is 6.54 Å². The maximum atomic E-state index is 12.7. The number of aromatic hydroxyl groups is 2. The van der Waals surface area contributed by atoms with Crippen LogP contribution in [-0.4, -0.2) is 33.5 Å². The van der Waals surface area contributed by atoms with Crippen LogP contribution in [0, 0.1) is 5.92 Å². The Kier molecular flexibility index (Phi) is 10.3. The Morgan fingerprint density at radius 2 is 1.19 bits per heavy atom. The van der Waals surface area contributed by atoms with Crippen molar-refractivity contribution >= 4 is 11.8 Å². The topological polar surface area (TPSA) is 77.8 Å². The molecule has 0 bridgehead atoms. The molecule has 42 heavy (non-hydrogen) atoms. The Hall–Kier alpha value is -4.64. The summed E-state index contributed by atoms with van der Waals surface area (Å²) in [7, 11) is 0. The number of benzene rings is 3. The van der Waals surface area contributed by atoms with E-state index in [0.717, 1.165) is 41.0 Å². The van der Waals surface area contributed by atoms with Gasteiger partial charge in [-0.15, -0.1) is 35.4 Å². The number of carbonyl (C=O) groups excluding carboxylic acids is 2. The number of phenolic OH excluding ortho intramolecular Hbond substituents is 2. The first-order chi connectivity index (χ1) is 20.0. The fourth-order valence-electron chi connectivity index (χ4n) is 5.09. The molecule has 6 rings (SSSR count). The van der Waals surface area contributed by atoms with Gasteiger partial charge in [0.05, 0.1) is 11.1 Å². The van der Waals surface area contributed by atoms with Crippen molar-refractivity contribution in [3.8, 4) is 11.5 Å². The molecule has 2 amide bonds. The molecular weight excluding hydrogens is 566 g/mol. The van der Waals surface area contributed by atoms with Gasteiger partial charge in [0.1, 0.15) is 11.5 Å². The van der Waals surface area contributed by atoms with E-state index in [-0.39, 0.29) is 40.4 Å². The molecule has 0 radical (unpaired) electrons. The van der Waals surface area contributed by atoms with Gasteiger partial charge in [-0.05, 0) is 55.7 Å². The minimum Gasteiger partial charge on any atom is -0.509 e. The van der Waals surface area contributed by atoms with Gasteiger partial charge in [-0.3, -0.25) is 14.5 Å². The third-order valence-electron chi connectivity index (χ3n) is 7.12. The Balaban J connectivity index is 0.000000612. The summed E-state index contributed by atoms with van der Waals surface area (Å²) < 4.78 is 0. The summed E-state index contributed by atoms with van der Waals surface area (Å²) in [5.74, 6) is 0.953. The Morgan fingerprint density at radius 3 is 1.64 bits per heavy atom. The number of hydrogen-bond acceptors (Lipinski definition) is 4. The van der Waals surface area contributed by atoms with Gasteiger partial charge < -0.3 is 10.2 Å². The molecule has 0 saturated heterocycles. The van der Waals surface area contributed by atoms with E-state index >= 15 is 0 Å². The first-order valence-electron chi connectivity index (χ1n) is 13.7. The number of imide groups is 1. The summed E-state index contributed by atoms with van der Waals surface area (Å²) >= 11 is 0. The number of allylic oxidation sites excluding steroid dienone is 6. The molecule has 212 valence electrons. The van der Waals surface area contributed by atoms with Crippen LogP contribution in [0.25, 0.3) is 0 Å². The first-order valence-corrected chi connectivity index (χ1v) is 13.7. The summed E-state index contributed by atoms with van der Waals surface area (Å²) in [6.07, 6.45) is 10.3. The number of carbonyl (C=O) groups is 2. The molecule has 4 aromatic carbocycles. The quantitative estimate of drug-likeness (QED) is 0.0963. The van der Waals surface area contributed by atoms with Crippen molar-refractivity contribution in [2.24, 2.45) is 0 Å². The van der Waals surface area contributed by atoms with Gasteiger partial charge in [-0.25, -0.2) is 12.1 Å². The molecule has 6 heteroatoms. The maximum absolute atomic E-state index is 12.7. The van der Waals surface area contributed by atoms with Gasteiger partial charge in [-0.2, -0.15) is 18.2 Å².